The summed E-state index contributed by atoms with van der Waals surface area (Å²) in [5, 5.41) is 23.9. The zero-order valence-electron chi connectivity index (χ0n) is 23.2. The van der Waals surface area contributed by atoms with Gasteiger partial charge in [-0.2, -0.15) is 0 Å². The summed E-state index contributed by atoms with van der Waals surface area (Å²) in [5.74, 6) is -1.40. The van der Waals surface area contributed by atoms with Gasteiger partial charge >= 0.3 is 0 Å². The lowest BCUT2D eigenvalue weighted by Crippen LogP contribution is -2.35. The minimum atomic E-state index is -0.700. The summed E-state index contributed by atoms with van der Waals surface area (Å²) >= 11 is 0. The molecule has 220 valence electrons. The van der Waals surface area contributed by atoms with Crippen LogP contribution in [0.5, 0.6) is 0 Å². The van der Waals surface area contributed by atoms with Crippen molar-refractivity contribution in [2.75, 3.05) is 26.2 Å². The first-order valence-corrected chi connectivity index (χ1v) is 14.3. The quantitative estimate of drug-likeness (QED) is 0.309. The Labute approximate surface area is 239 Å². The molecule has 2 aliphatic heterocycles. The van der Waals surface area contributed by atoms with Gasteiger partial charge in [0.2, 0.25) is 11.8 Å². The van der Waals surface area contributed by atoms with Crippen LogP contribution in [0.2, 0.25) is 0 Å². The fourth-order valence-electron chi connectivity index (χ4n) is 6.33. The van der Waals surface area contributed by atoms with Gasteiger partial charge in [0.1, 0.15) is 0 Å². The highest BCUT2D eigenvalue weighted by Gasteiger charge is 2.31. The minimum absolute atomic E-state index is 0.0856. The molecule has 2 atom stereocenters. The fourth-order valence-corrected chi connectivity index (χ4v) is 6.33. The molecule has 0 spiro atoms. The number of nitro groups is 2. The molecule has 4 N–H and O–H groups in total. The highest BCUT2D eigenvalue weighted by atomic mass is 16.6. The number of benzene rings is 2. The summed E-state index contributed by atoms with van der Waals surface area (Å²) in [6.07, 6.45) is 8.32. The summed E-state index contributed by atoms with van der Waals surface area (Å²) < 4.78 is 0. The molecule has 2 heterocycles. The number of nitrogens with two attached hydrogens (primary N) is 2. The second-order valence-electron chi connectivity index (χ2n) is 10.9. The van der Waals surface area contributed by atoms with Crippen LogP contribution in [0.25, 0.3) is 0 Å². The minimum Gasteiger partial charge on any atom is -0.366 e. The van der Waals surface area contributed by atoms with Gasteiger partial charge < -0.3 is 11.5 Å². The van der Waals surface area contributed by atoms with E-state index in [9.17, 15) is 29.8 Å². The summed E-state index contributed by atoms with van der Waals surface area (Å²) in [6, 6.07) is 8.71. The first-order chi connectivity index (χ1) is 19.7. The van der Waals surface area contributed by atoms with Crippen LogP contribution in [-0.4, -0.2) is 57.6 Å². The number of likely N-dealkylation sites (tertiary alicyclic amines) is 2. The SMILES string of the molecule is NC(=O)c1ccc(C2CCCCCN2CCCN2CCCCCC2c2ccc(C(N)=O)cc2[N+](=O)[O-])c([N+](=O)[O-])c1. The molecule has 0 saturated carbocycles. The molecular weight excluding hydrogens is 528 g/mol. The molecule has 12 heteroatoms. The maximum atomic E-state index is 11.9. The van der Waals surface area contributed by atoms with Crippen LogP contribution in [0.4, 0.5) is 11.4 Å². The third kappa shape index (κ3) is 7.25. The number of hydrogen-bond donors (Lipinski definition) is 2. The first kappa shape index (κ1) is 30.1. The fraction of sp³-hybridized carbons (Fsp3) is 0.517. The van der Waals surface area contributed by atoms with E-state index in [0.29, 0.717) is 24.2 Å². The Morgan fingerprint density at radius 1 is 0.707 bits per heavy atom. The molecule has 0 radical (unpaired) electrons. The number of carbonyl (C=O) groups is 2. The van der Waals surface area contributed by atoms with Crippen LogP contribution in [0, 0.1) is 20.2 Å². The zero-order valence-corrected chi connectivity index (χ0v) is 23.2. The van der Waals surface area contributed by atoms with E-state index in [0.717, 1.165) is 70.9 Å². The molecule has 0 bridgehead atoms. The van der Waals surface area contributed by atoms with Gasteiger partial charge in [-0.05, 0) is 82.5 Å². The lowest BCUT2D eigenvalue weighted by molar-refractivity contribution is -0.386. The normalized spacial score (nSPS) is 20.6. The molecule has 41 heavy (non-hydrogen) atoms. The maximum absolute atomic E-state index is 11.9. The van der Waals surface area contributed by atoms with Crippen molar-refractivity contribution in [2.45, 2.75) is 69.9 Å². The lowest BCUT2D eigenvalue weighted by atomic mass is 9.96. The van der Waals surface area contributed by atoms with Gasteiger partial charge in [0.25, 0.3) is 11.4 Å². The number of rotatable bonds is 10. The third-order valence-corrected chi connectivity index (χ3v) is 8.36. The van der Waals surface area contributed by atoms with Crippen LogP contribution < -0.4 is 11.5 Å². The van der Waals surface area contributed by atoms with Gasteiger partial charge in [-0.25, -0.2) is 0 Å². The van der Waals surface area contributed by atoms with Crippen molar-refractivity contribution in [1.29, 1.82) is 0 Å². The van der Waals surface area contributed by atoms with E-state index in [2.05, 4.69) is 9.80 Å². The van der Waals surface area contributed by atoms with Crippen LogP contribution in [0.15, 0.2) is 36.4 Å². The predicted molar refractivity (Wildman–Crippen MR) is 153 cm³/mol. The largest absolute Gasteiger partial charge is 0.366 e. The van der Waals surface area contributed by atoms with Gasteiger partial charge in [0.15, 0.2) is 0 Å². The molecule has 0 aromatic heterocycles. The van der Waals surface area contributed by atoms with Crippen LogP contribution in [-0.2, 0) is 0 Å². The smallest absolute Gasteiger partial charge is 0.274 e. The van der Waals surface area contributed by atoms with Crippen LogP contribution in [0.3, 0.4) is 0 Å². The van der Waals surface area contributed by atoms with E-state index in [1.54, 1.807) is 24.3 Å². The Morgan fingerprint density at radius 2 is 1.12 bits per heavy atom. The Kier molecular flexibility index (Phi) is 10.0. The number of nitro benzene ring substituents is 2. The third-order valence-electron chi connectivity index (χ3n) is 8.36. The van der Waals surface area contributed by atoms with Crippen molar-refractivity contribution < 1.29 is 19.4 Å². The van der Waals surface area contributed by atoms with E-state index < -0.39 is 21.7 Å². The Bertz CT molecular complexity index is 1200. The monoisotopic (exact) mass is 566 g/mol. The Balaban J connectivity index is 1.54. The standard InChI is InChI=1S/C29H38N6O6/c30-28(36)20-10-12-22(26(18-20)34(38)39)24-8-3-1-5-14-32(24)16-7-17-33-15-6-2-4-9-25(33)23-13-11-21(29(31)37)19-27(23)35(40)41/h10-13,18-19,24-25H,1-9,14-17H2,(H2,30,36)(H2,31,37). The van der Waals surface area contributed by atoms with Crippen molar-refractivity contribution in [3.8, 4) is 0 Å². The topological polar surface area (TPSA) is 179 Å². The number of primary amides is 2. The average Bonchev–Trinajstić information content (AvgIpc) is 3.33. The van der Waals surface area contributed by atoms with Crippen LogP contribution >= 0.6 is 0 Å². The Morgan fingerprint density at radius 3 is 1.49 bits per heavy atom. The molecular formula is C29H38N6O6. The van der Waals surface area contributed by atoms with Crippen molar-refractivity contribution in [3.63, 3.8) is 0 Å². The van der Waals surface area contributed by atoms with E-state index in [-0.39, 0.29) is 34.6 Å². The zero-order chi connectivity index (χ0) is 29.5. The Hall–Kier alpha value is -3.90. The molecule has 2 amide bonds. The van der Waals surface area contributed by atoms with E-state index in [1.807, 2.05) is 0 Å². The highest BCUT2D eigenvalue weighted by molar-refractivity contribution is 5.94. The lowest BCUT2D eigenvalue weighted by Gasteiger charge is -2.33. The maximum Gasteiger partial charge on any atom is 0.274 e. The summed E-state index contributed by atoms with van der Waals surface area (Å²) in [4.78, 5) is 50.9. The highest BCUT2D eigenvalue weighted by Crippen LogP contribution is 2.38. The van der Waals surface area contributed by atoms with Crippen molar-refractivity contribution in [2.24, 2.45) is 11.5 Å². The summed E-state index contributed by atoms with van der Waals surface area (Å²) in [5.41, 5.74) is 12.0. The van der Waals surface area contributed by atoms with E-state index in [4.69, 9.17) is 11.5 Å². The number of amides is 2. The molecule has 2 aromatic carbocycles. The van der Waals surface area contributed by atoms with Crippen molar-refractivity contribution >= 4 is 23.2 Å². The van der Waals surface area contributed by atoms with Gasteiger partial charge in [0.05, 0.1) is 9.85 Å². The molecule has 4 rings (SSSR count). The first-order valence-electron chi connectivity index (χ1n) is 14.3. The van der Waals surface area contributed by atoms with Gasteiger partial charge in [-0.15, -0.1) is 0 Å². The average molecular weight is 567 g/mol. The van der Waals surface area contributed by atoms with Gasteiger partial charge in [0, 0.05) is 46.5 Å². The van der Waals surface area contributed by atoms with E-state index >= 15 is 0 Å². The predicted octanol–water partition coefficient (Wildman–Crippen LogP) is 4.63. The van der Waals surface area contributed by atoms with Gasteiger partial charge in [-0.1, -0.05) is 25.7 Å². The molecule has 2 saturated heterocycles. The summed E-state index contributed by atoms with van der Waals surface area (Å²) in [7, 11) is 0. The molecule has 2 unspecified atom stereocenters. The van der Waals surface area contributed by atoms with Crippen LogP contribution in [0.1, 0.15) is 102 Å². The van der Waals surface area contributed by atoms with Crippen molar-refractivity contribution in [3.05, 3.63) is 78.9 Å². The molecule has 2 aliphatic rings. The molecule has 0 aliphatic carbocycles. The second-order valence-corrected chi connectivity index (χ2v) is 10.9. The van der Waals surface area contributed by atoms with Gasteiger partial charge in [-0.3, -0.25) is 39.6 Å². The summed E-state index contributed by atoms with van der Waals surface area (Å²) in [6.45, 7) is 3.04. The molecule has 2 fully saturated rings. The number of carbonyl (C=O) groups excluding carboxylic acids is 2. The number of hydrogen-bond acceptors (Lipinski definition) is 8. The van der Waals surface area contributed by atoms with E-state index in [1.165, 1.54) is 12.1 Å². The second kappa shape index (κ2) is 13.6. The van der Waals surface area contributed by atoms with Crippen molar-refractivity contribution in [1.82, 2.24) is 9.80 Å². The molecule has 2 aromatic rings. The molecule has 12 nitrogen and oxygen atoms in total. The number of nitrogens with zero attached hydrogens (tertiary/aromatic N) is 4.